The molecule has 0 radical (unpaired) electrons. The summed E-state index contributed by atoms with van der Waals surface area (Å²) in [5.74, 6) is -2.40. The molecule has 3 atom stereocenters. The van der Waals surface area contributed by atoms with Gasteiger partial charge in [-0.25, -0.2) is 0 Å². The maximum Gasteiger partial charge on any atom is 1.00 e. The van der Waals surface area contributed by atoms with Crippen LogP contribution in [0.1, 0.15) is 24.6 Å². The SMILES string of the molecule is C[C@@H](O)[C@H]1C(=O)N2C(C(=O)[O-])=C(c3ccc(CO)nc3)C[C@H]12.[Na+]. The first kappa shape index (κ1) is 18.1. The summed E-state index contributed by atoms with van der Waals surface area (Å²) >= 11 is 0. The summed E-state index contributed by atoms with van der Waals surface area (Å²) in [5.41, 5.74) is 1.37. The van der Waals surface area contributed by atoms with Crippen molar-refractivity contribution >= 4 is 17.4 Å². The van der Waals surface area contributed by atoms with Crippen LogP contribution >= 0.6 is 0 Å². The van der Waals surface area contributed by atoms with E-state index in [1.54, 1.807) is 12.1 Å². The van der Waals surface area contributed by atoms with Crippen molar-refractivity contribution in [3.8, 4) is 0 Å². The van der Waals surface area contributed by atoms with Crippen LogP contribution in [0, 0.1) is 5.92 Å². The summed E-state index contributed by atoms with van der Waals surface area (Å²) in [6, 6.07) is 2.90. The van der Waals surface area contributed by atoms with Crippen LogP contribution in [0.4, 0.5) is 0 Å². The first-order valence-corrected chi connectivity index (χ1v) is 6.97. The summed E-state index contributed by atoms with van der Waals surface area (Å²) in [7, 11) is 0. The Morgan fingerprint density at radius 1 is 1.52 bits per heavy atom. The molecule has 2 aliphatic rings. The minimum atomic E-state index is -1.42. The molecule has 116 valence electrons. The molecular weight excluding hydrogens is 311 g/mol. The van der Waals surface area contributed by atoms with Crippen molar-refractivity contribution in [2.75, 3.05) is 0 Å². The van der Waals surface area contributed by atoms with Gasteiger partial charge in [0, 0.05) is 6.20 Å². The number of carbonyl (C=O) groups excluding carboxylic acids is 2. The Hall–Kier alpha value is -1.25. The molecule has 1 saturated heterocycles. The van der Waals surface area contributed by atoms with Crippen LogP contribution in [0.25, 0.3) is 5.57 Å². The summed E-state index contributed by atoms with van der Waals surface area (Å²) < 4.78 is 0. The number of amides is 1. The van der Waals surface area contributed by atoms with Crippen LogP contribution in [0.3, 0.4) is 0 Å². The minimum absolute atomic E-state index is 0. The summed E-state index contributed by atoms with van der Waals surface area (Å²) in [5, 5.41) is 30.1. The molecule has 0 bridgehead atoms. The van der Waals surface area contributed by atoms with Crippen molar-refractivity contribution in [2.45, 2.75) is 32.1 Å². The molecular formula is C15H15N2NaO5. The number of rotatable bonds is 4. The van der Waals surface area contributed by atoms with E-state index in [1.165, 1.54) is 18.0 Å². The predicted octanol–water partition coefficient (Wildman–Crippen LogP) is -4.35. The quantitative estimate of drug-likeness (QED) is 0.427. The zero-order valence-electron chi connectivity index (χ0n) is 12.9. The van der Waals surface area contributed by atoms with Gasteiger partial charge in [0.05, 0.1) is 42.0 Å². The first-order valence-electron chi connectivity index (χ1n) is 6.97. The molecule has 7 nitrogen and oxygen atoms in total. The van der Waals surface area contributed by atoms with Crippen LogP contribution in [0.5, 0.6) is 0 Å². The molecule has 2 N–H and O–H groups in total. The third-order valence-corrected chi connectivity index (χ3v) is 4.26. The van der Waals surface area contributed by atoms with E-state index in [0.717, 1.165) is 0 Å². The normalized spacial score (nSPS) is 24.0. The van der Waals surface area contributed by atoms with Gasteiger partial charge in [-0.05, 0) is 30.5 Å². The average molecular weight is 326 g/mol. The van der Waals surface area contributed by atoms with Gasteiger partial charge in [0.2, 0.25) is 5.91 Å². The van der Waals surface area contributed by atoms with Crippen LogP contribution in [-0.4, -0.2) is 44.1 Å². The number of nitrogens with zero attached hydrogens (tertiary/aromatic N) is 2. The number of aromatic nitrogens is 1. The van der Waals surface area contributed by atoms with Gasteiger partial charge >= 0.3 is 29.6 Å². The van der Waals surface area contributed by atoms with Gasteiger partial charge in [0.25, 0.3) is 0 Å². The summed E-state index contributed by atoms with van der Waals surface area (Å²) in [6.45, 7) is 1.32. The second-order valence-corrected chi connectivity index (χ2v) is 5.56. The summed E-state index contributed by atoms with van der Waals surface area (Å²) in [6.07, 6.45) is 0.980. The molecule has 1 fully saturated rings. The molecule has 0 spiro atoms. The number of β-lactam (4-membered cyclic amide) rings is 1. The molecule has 3 rings (SSSR count). The van der Waals surface area contributed by atoms with E-state index in [9.17, 15) is 19.8 Å². The largest absolute Gasteiger partial charge is 1.00 e. The Kier molecular flexibility index (Phi) is 5.27. The number of fused-ring (bicyclic) bond motifs is 1. The van der Waals surface area contributed by atoms with Gasteiger partial charge in [-0.1, -0.05) is 6.07 Å². The molecule has 3 heterocycles. The van der Waals surface area contributed by atoms with Gasteiger partial charge in [0.1, 0.15) is 0 Å². The Morgan fingerprint density at radius 2 is 2.22 bits per heavy atom. The molecule has 0 aliphatic carbocycles. The number of hydrogen-bond acceptors (Lipinski definition) is 6. The summed E-state index contributed by atoms with van der Waals surface area (Å²) in [4.78, 5) is 28.7. The van der Waals surface area contributed by atoms with E-state index >= 15 is 0 Å². The van der Waals surface area contributed by atoms with Crippen molar-refractivity contribution in [3.63, 3.8) is 0 Å². The number of aliphatic carboxylic acids is 1. The second kappa shape index (κ2) is 6.70. The van der Waals surface area contributed by atoms with Gasteiger partial charge < -0.3 is 25.0 Å². The fraction of sp³-hybridized carbons (Fsp3) is 0.400. The second-order valence-electron chi connectivity index (χ2n) is 5.56. The standard InChI is InChI=1S/C15H16N2O5.Na/c1-7(19)12-11-4-10(8-2-3-9(6-18)16-5-8)13(15(21)22)17(11)14(12)20;/h2-3,5,7,11-12,18-19H,4,6H2,1H3,(H,21,22);/q;+1/p-1/t7-,11-,12-;/m1./s1. The monoisotopic (exact) mass is 326 g/mol. The maximum absolute atomic E-state index is 12.1. The third-order valence-electron chi connectivity index (χ3n) is 4.26. The van der Waals surface area contributed by atoms with Crippen LogP contribution < -0.4 is 34.7 Å². The molecule has 0 unspecified atom stereocenters. The minimum Gasteiger partial charge on any atom is -0.543 e. The molecule has 2 aliphatic heterocycles. The molecule has 0 aromatic carbocycles. The van der Waals surface area contributed by atoms with Crippen molar-refractivity contribution in [2.24, 2.45) is 5.92 Å². The number of carboxylic acid groups (broad SMARTS) is 1. The number of hydrogen-bond donors (Lipinski definition) is 2. The Labute approximate surface area is 154 Å². The number of aliphatic hydroxyl groups excluding tert-OH is 2. The molecule has 0 saturated carbocycles. The van der Waals surface area contributed by atoms with E-state index in [4.69, 9.17) is 5.11 Å². The zero-order chi connectivity index (χ0) is 16.0. The van der Waals surface area contributed by atoms with Gasteiger partial charge in [-0.3, -0.25) is 9.78 Å². The third kappa shape index (κ3) is 2.83. The van der Waals surface area contributed by atoms with E-state index in [-0.39, 0.29) is 47.9 Å². The predicted molar refractivity (Wildman–Crippen MR) is 72.5 cm³/mol. The Bertz CT molecular complexity index is 671. The van der Waals surface area contributed by atoms with E-state index in [0.29, 0.717) is 23.3 Å². The number of aliphatic hydroxyl groups is 2. The van der Waals surface area contributed by atoms with Crippen molar-refractivity contribution < 1.29 is 54.5 Å². The smallest absolute Gasteiger partial charge is 0.543 e. The zero-order valence-corrected chi connectivity index (χ0v) is 14.9. The fourth-order valence-electron chi connectivity index (χ4n) is 3.21. The van der Waals surface area contributed by atoms with Crippen molar-refractivity contribution in [3.05, 3.63) is 35.3 Å². The number of carbonyl (C=O) groups is 2. The van der Waals surface area contributed by atoms with Crippen LogP contribution in [-0.2, 0) is 16.2 Å². The topological polar surface area (TPSA) is 114 Å². The van der Waals surface area contributed by atoms with Crippen LogP contribution in [0.15, 0.2) is 24.0 Å². The molecule has 23 heavy (non-hydrogen) atoms. The number of pyridine rings is 1. The van der Waals surface area contributed by atoms with E-state index in [2.05, 4.69) is 4.98 Å². The molecule has 8 heteroatoms. The van der Waals surface area contributed by atoms with Gasteiger partial charge in [0.15, 0.2) is 0 Å². The molecule has 1 amide bonds. The number of carboxylic acids is 1. The Morgan fingerprint density at radius 3 is 2.70 bits per heavy atom. The van der Waals surface area contributed by atoms with E-state index in [1.807, 2.05) is 0 Å². The fourth-order valence-corrected chi connectivity index (χ4v) is 3.21. The van der Waals surface area contributed by atoms with Crippen molar-refractivity contribution in [1.29, 1.82) is 0 Å². The van der Waals surface area contributed by atoms with Gasteiger partial charge in [-0.2, -0.15) is 0 Å². The Balaban J connectivity index is 0.00000192. The molecule has 1 aromatic rings. The van der Waals surface area contributed by atoms with Gasteiger partial charge in [-0.15, -0.1) is 0 Å². The van der Waals surface area contributed by atoms with Crippen molar-refractivity contribution in [1.82, 2.24) is 9.88 Å². The first-order chi connectivity index (χ1) is 10.5. The average Bonchev–Trinajstić information content (AvgIpc) is 2.82. The molecule has 1 aromatic heterocycles. The van der Waals surface area contributed by atoms with E-state index < -0.39 is 23.9 Å². The maximum atomic E-state index is 12.1. The van der Waals surface area contributed by atoms with Crippen LogP contribution in [0.2, 0.25) is 0 Å².